The lowest BCUT2D eigenvalue weighted by Gasteiger charge is -2.32. The molecule has 0 saturated carbocycles. The third-order valence-corrected chi connectivity index (χ3v) is 6.25. The van der Waals surface area contributed by atoms with Gasteiger partial charge < -0.3 is 14.5 Å². The molecule has 3 rings (SSSR count). The van der Waals surface area contributed by atoms with Crippen LogP contribution in [0.15, 0.2) is 5.38 Å². The Morgan fingerprint density at radius 1 is 1.20 bits per heavy atom. The van der Waals surface area contributed by atoms with E-state index in [1.54, 1.807) is 28.0 Å². The van der Waals surface area contributed by atoms with Crippen LogP contribution in [0.25, 0.3) is 0 Å². The van der Waals surface area contributed by atoms with Crippen LogP contribution < -0.4 is 0 Å². The molecule has 6 nitrogen and oxygen atoms in total. The van der Waals surface area contributed by atoms with Crippen molar-refractivity contribution in [3.8, 4) is 0 Å². The van der Waals surface area contributed by atoms with Crippen molar-refractivity contribution in [2.24, 2.45) is 0 Å². The fourth-order valence-electron chi connectivity index (χ4n) is 2.95. The zero-order valence-electron chi connectivity index (χ0n) is 15.0. The van der Waals surface area contributed by atoms with Crippen molar-refractivity contribution >= 4 is 35.1 Å². The van der Waals surface area contributed by atoms with E-state index in [2.05, 4.69) is 4.98 Å². The van der Waals surface area contributed by atoms with Crippen molar-refractivity contribution in [1.82, 2.24) is 14.8 Å². The van der Waals surface area contributed by atoms with E-state index < -0.39 is 5.60 Å². The molecule has 2 aliphatic rings. The number of rotatable bonds is 2. The third-order valence-electron chi connectivity index (χ3n) is 4.28. The lowest BCUT2D eigenvalue weighted by Crippen LogP contribution is -2.41. The molecular formula is C17H25N3O3S2. The maximum absolute atomic E-state index is 12.4. The number of carbonyl (C=O) groups excluding carboxylic acids is 2. The van der Waals surface area contributed by atoms with Crippen molar-refractivity contribution in [3.05, 3.63) is 16.1 Å². The number of carbonyl (C=O) groups is 2. The van der Waals surface area contributed by atoms with Crippen molar-refractivity contribution in [2.45, 2.75) is 45.1 Å². The minimum absolute atomic E-state index is 0.0405. The summed E-state index contributed by atoms with van der Waals surface area (Å²) in [6, 6.07) is 0. The molecule has 0 radical (unpaired) electrons. The SMILES string of the molecule is CC(C)(C)OC(=O)N1CCC(c2nc(C(=O)N3CCSC3)cs2)CC1. The van der Waals surface area contributed by atoms with Gasteiger partial charge in [0.2, 0.25) is 0 Å². The Kier molecular flexibility index (Phi) is 5.58. The Morgan fingerprint density at radius 2 is 1.92 bits per heavy atom. The van der Waals surface area contributed by atoms with Gasteiger partial charge in [0.1, 0.15) is 11.3 Å². The summed E-state index contributed by atoms with van der Waals surface area (Å²) in [4.78, 5) is 32.8. The largest absolute Gasteiger partial charge is 0.444 e. The molecule has 2 saturated heterocycles. The highest BCUT2D eigenvalue weighted by Crippen LogP contribution is 2.31. The minimum Gasteiger partial charge on any atom is -0.444 e. The third kappa shape index (κ3) is 4.67. The molecule has 0 aromatic carbocycles. The molecular weight excluding hydrogens is 358 g/mol. The minimum atomic E-state index is -0.466. The van der Waals surface area contributed by atoms with E-state index in [-0.39, 0.29) is 12.0 Å². The van der Waals surface area contributed by atoms with Gasteiger partial charge in [0.25, 0.3) is 5.91 Å². The Labute approximate surface area is 156 Å². The highest BCUT2D eigenvalue weighted by molar-refractivity contribution is 7.99. The summed E-state index contributed by atoms with van der Waals surface area (Å²) in [5, 5.41) is 2.89. The van der Waals surface area contributed by atoms with Gasteiger partial charge in [0.15, 0.2) is 0 Å². The summed E-state index contributed by atoms with van der Waals surface area (Å²) in [7, 11) is 0. The van der Waals surface area contributed by atoms with Crippen molar-refractivity contribution in [3.63, 3.8) is 0 Å². The summed E-state index contributed by atoms with van der Waals surface area (Å²) >= 11 is 3.34. The van der Waals surface area contributed by atoms with Crippen molar-refractivity contribution in [2.75, 3.05) is 31.3 Å². The first-order valence-corrected chi connectivity index (χ1v) is 10.7. The summed E-state index contributed by atoms with van der Waals surface area (Å²) in [5.74, 6) is 2.13. The van der Waals surface area contributed by atoms with E-state index in [1.165, 1.54) is 0 Å². The van der Waals surface area contributed by atoms with Gasteiger partial charge in [-0.25, -0.2) is 9.78 Å². The quantitative estimate of drug-likeness (QED) is 0.783. The smallest absolute Gasteiger partial charge is 0.410 e. The van der Waals surface area contributed by atoms with Gasteiger partial charge in [-0.1, -0.05) is 0 Å². The van der Waals surface area contributed by atoms with E-state index in [0.717, 1.165) is 36.0 Å². The Bertz CT molecular complexity index is 627. The van der Waals surface area contributed by atoms with Crippen LogP contribution in [0.5, 0.6) is 0 Å². The van der Waals surface area contributed by atoms with E-state index in [1.807, 2.05) is 31.1 Å². The summed E-state index contributed by atoms with van der Waals surface area (Å²) in [6.07, 6.45) is 1.48. The number of thioether (sulfide) groups is 1. The average Bonchev–Trinajstić information content (AvgIpc) is 3.24. The molecule has 8 heteroatoms. The molecule has 0 aliphatic carbocycles. The molecule has 1 aromatic heterocycles. The lowest BCUT2D eigenvalue weighted by molar-refractivity contribution is 0.0205. The zero-order chi connectivity index (χ0) is 18.0. The molecule has 25 heavy (non-hydrogen) atoms. The van der Waals surface area contributed by atoms with E-state index >= 15 is 0 Å². The zero-order valence-corrected chi connectivity index (χ0v) is 16.6. The first-order valence-electron chi connectivity index (χ1n) is 8.64. The van der Waals surface area contributed by atoms with Gasteiger partial charge in [0, 0.05) is 36.7 Å². The first kappa shape index (κ1) is 18.5. The molecule has 0 unspecified atom stereocenters. The molecule has 2 fully saturated rings. The van der Waals surface area contributed by atoms with Crippen LogP contribution in [0.1, 0.15) is 55.0 Å². The Morgan fingerprint density at radius 3 is 2.52 bits per heavy atom. The molecule has 2 amide bonds. The number of likely N-dealkylation sites (tertiary alicyclic amines) is 1. The highest BCUT2D eigenvalue weighted by atomic mass is 32.2. The predicted octanol–water partition coefficient (Wildman–Crippen LogP) is 3.40. The first-order chi connectivity index (χ1) is 11.8. The summed E-state index contributed by atoms with van der Waals surface area (Å²) in [5.41, 5.74) is 0.101. The molecule has 0 bridgehead atoms. The van der Waals surface area contributed by atoms with Gasteiger partial charge in [-0.15, -0.1) is 23.1 Å². The van der Waals surface area contributed by atoms with Gasteiger partial charge in [0.05, 0.1) is 10.9 Å². The van der Waals surface area contributed by atoms with Crippen LogP contribution in [0.4, 0.5) is 4.79 Å². The maximum atomic E-state index is 12.4. The standard InChI is InChI=1S/C17H25N3O3S2/c1-17(2,3)23-16(22)19-6-4-12(5-7-19)14-18-13(10-25-14)15(21)20-8-9-24-11-20/h10,12H,4-9,11H2,1-3H3. The molecule has 138 valence electrons. The Hall–Kier alpha value is -1.28. The number of nitrogens with zero attached hydrogens (tertiary/aromatic N) is 3. The Balaban J connectivity index is 1.55. The van der Waals surface area contributed by atoms with Crippen LogP contribution >= 0.6 is 23.1 Å². The summed E-state index contributed by atoms with van der Waals surface area (Å²) in [6.45, 7) is 7.79. The number of thiazole rings is 1. The average molecular weight is 384 g/mol. The van der Waals surface area contributed by atoms with Crippen LogP contribution in [0, 0.1) is 0 Å². The molecule has 0 N–H and O–H groups in total. The number of hydrogen-bond acceptors (Lipinski definition) is 6. The highest BCUT2D eigenvalue weighted by Gasteiger charge is 2.29. The molecule has 1 aromatic rings. The number of hydrogen-bond donors (Lipinski definition) is 0. The van der Waals surface area contributed by atoms with Crippen molar-refractivity contribution < 1.29 is 14.3 Å². The second-order valence-corrected chi connectivity index (χ2v) is 9.38. The van der Waals surface area contributed by atoms with Crippen LogP contribution in [0.3, 0.4) is 0 Å². The molecule has 2 aliphatic heterocycles. The number of aromatic nitrogens is 1. The number of piperidine rings is 1. The van der Waals surface area contributed by atoms with E-state index in [9.17, 15) is 9.59 Å². The van der Waals surface area contributed by atoms with Crippen LogP contribution in [0.2, 0.25) is 0 Å². The fourth-order valence-corrected chi connectivity index (χ4v) is 4.86. The van der Waals surface area contributed by atoms with Gasteiger partial charge in [-0.3, -0.25) is 4.79 Å². The van der Waals surface area contributed by atoms with Gasteiger partial charge in [-0.2, -0.15) is 0 Å². The predicted molar refractivity (Wildman–Crippen MR) is 100 cm³/mol. The second kappa shape index (κ2) is 7.53. The van der Waals surface area contributed by atoms with Gasteiger partial charge >= 0.3 is 6.09 Å². The monoisotopic (exact) mass is 383 g/mol. The van der Waals surface area contributed by atoms with Crippen molar-refractivity contribution in [1.29, 1.82) is 0 Å². The lowest BCUT2D eigenvalue weighted by atomic mass is 9.98. The second-order valence-electron chi connectivity index (χ2n) is 7.42. The van der Waals surface area contributed by atoms with E-state index in [0.29, 0.717) is 24.7 Å². The number of amides is 2. The normalized spacial score (nSPS) is 19.3. The van der Waals surface area contributed by atoms with Gasteiger partial charge in [-0.05, 0) is 33.6 Å². The van der Waals surface area contributed by atoms with E-state index in [4.69, 9.17) is 4.74 Å². The summed E-state index contributed by atoms with van der Waals surface area (Å²) < 4.78 is 5.43. The molecule has 0 atom stereocenters. The topological polar surface area (TPSA) is 62.7 Å². The van der Waals surface area contributed by atoms with Crippen LogP contribution in [-0.4, -0.2) is 63.6 Å². The fraction of sp³-hybridized carbons (Fsp3) is 0.706. The molecule has 3 heterocycles. The maximum Gasteiger partial charge on any atom is 0.410 e. The van der Waals surface area contributed by atoms with Crippen LogP contribution in [-0.2, 0) is 4.74 Å². The number of ether oxygens (including phenoxy) is 1. The molecule has 0 spiro atoms.